The van der Waals surface area contributed by atoms with Crippen molar-refractivity contribution in [2.24, 2.45) is 0 Å². The van der Waals surface area contributed by atoms with Gasteiger partial charge in [-0.25, -0.2) is 0 Å². The normalized spacial score (nSPS) is 28.1. The Hall–Kier alpha value is -2.04. The molecule has 2 fully saturated rings. The summed E-state index contributed by atoms with van der Waals surface area (Å²) in [6.45, 7) is 2.40. The second-order valence-corrected chi connectivity index (χ2v) is 9.83. The molecule has 2 saturated heterocycles. The van der Waals surface area contributed by atoms with Gasteiger partial charge in [0.1, 0.15) is 11.5 Å². The molecule has 0 saturated carbocycles. The molecule has 2 aromatic rings. The topological polar surface area (TPSA) is 42.5 Å². The largest absolute Gasteiger partial charge is 0.497 e. The summed E-state index contributed by atoms with van der Waals surface area (Å²) in [4.78, 5) is 0. The van der Waals surface area contributed by atoms with E-state index in [1.165, 1.54) is 75.6 Å². The summed E-state index contributed by atoms with van der Waals surface area (Å²) in [6.07, 6.45) is 10.3. The number of methoxy groups -OCH3 is 2. The van der Waals surface area contributed by atoms with Gasteiger partial charge in [-0.2, -0.15) is 0 Å². The summed E-state index contributed by atoms with van der Waals surface area (Å²) < 4.78 is 10.6. The molecule has 0 amide bonds. The highest BCUT2D eigenvalue weighted by Crippen LogP contribution is 2.39. The standard InChI is InChI=1S/2C14H19NO/c2*1-16-11-5-6-12-10(9-11)4-7-14-13(12)3-2-8-15-14/h2*5-6,9,13-15H,2-4,7-8H2,1H3/t2*13?,14-/m10/s1. The predicted octanol–water partition coefficient (Wildman–Crippen LogP) is 4.95. The molecule has 2 aromatic carbocycles. The number of rotatable bonds is 2. The number of piperidine rings is 2. The predicted molar refractivity (Wildman–Crippen MR) is 130 cm³/mol. The van der Waals surface area contributed by atoms with Gasteiger partial charge in [0.15, 0.2) is 0 Å². The molecule has 4 atom stereocenters. The van der Waals surface area contributed by atoms with E-state index >= 15 is 0 Å². The van der Waals surface area contributed by atoms with E-state index < -0.39 is 0 Å². The summed E-state index contributed by atoms with van der Waals surface area (Å²) in [5.41, 5.74) is 6.13. The van der Waals surface area contributed by atoms with Crippen LogP contribution in [0.3, 0.4) is 0 Å². The van der Waals surface area contributed by atoms with Gasteiger partial charge >= 0.3 is 0 Å². The number of nitrogens with one attached hydrogen (secondary N) is 2. The second-order valence-electron chi connectivity index (χ2n) is 9.83. The number of fused-ring (bicyclic) bond motifs is 6. The van der Waals surface area contributed by atoms with Gasteiger partial charge in [-0.1, -0.05) is 12.1 Å². The third-order valence-electron chi connectivity index (χ3n) is 8.12. The first-order chi connectivity index (χ1) is 15.8. The van der Waals surface area contributed by atoms with Crippen LogP contribution in [-0.2, 0) is 12.8 Å². The Balaban J connectivity index is 0.000000135. The van der Waals surface area contributed by atoms with Crippen molar-refractivity contribution in [2.45, 2.75) is 75.3 Å². The van der Waals surface area contributed by atoms with Crippen molar-refractivity contribution in [1.82, 2.24) is 10.6 Å². The van der Waals surface area contributed by atoms with Crippen molar-refractivity contribution in [3.05, 3.63) is 58.7 Å². The molecule has 4 aliphatic rings. The van der Waals surface area contributed by atoms with Crippen LogP contribution in [0.2, 0.25) is 0 Å². The van der Waals surface area contributed by atoms with Crippen LogP contribution in [0, 0.1) is 0 Å². The van der Waals surface area contributed by atoms with Crippen LogP contribution in [0.5, 0.6) is 11.5 Å². The first-order valence-electron chi connectivity index (χ1n) is 12.6. The van der Waals surface area contributed by atoms with Gasteiger partial charge in [-0.3, -0.25) is 0 Å². The molecule has 4 heteroatoms. The van der Waals surface area contributed by atoms with Crippen LogP contribution >= 0.6 is 0 Å². The van der Waals surface area contributed by atoms with Crippen LogP contribution in [0.4, 0.5) is 0 Å². The summed E-state index contributed by atoms with van der Waals surface area (Å²) in [6, 6.07) is 14.6. The zero-order chi connectivity index (χ0) is 21.9. The lowest BCUT2D eigenvalue weighted by molar-refractivity contribution is 0.318. The Morgan fingerprint density at radius 2 is 1.12 bits per heavy atom. The van der Waals surface area contributed by atoms with Crippen molar-refractivity contribution in [3.8, 4) is 11.5 Å². The minimum Gasteiger partial charge on any atom is -0.497 e. The van der Waals surface area contributed by atoms with E-state index in [9.17, 15) is 0 Å². The summed E-state index contributed by atoms with van der Waals surface area (Å²) in [7, 11) is 3.49. The number of benzene rings is 2. The lowest BCUT2D eigenvalue weighted by atomic mass is 9.75. The minimum absolute atomic E-state index is 0.717. The van der Waals surface area contributed by atoms with E-state index in [4.69, 9.17) is 9.47 Å². The highest BCUT2D eigenvalue weighted by molar-refractivity contribution is 5.41. The summed E-state index contributed by atoms with van der Waals surface area (Å²) in [5.74, 6) is 3.48. The maximum Gasteiger partial charge on any atom is 0.119 e. The molecule has 0 bridgehead atoms. The SMILES string of the molecule is COc1ccc2c(c1)CC[C@@H]1NCCCC21.COc1ccc2c(c1)CC[C@H]1NCCCC21. The van der Waals surface area contributed by atoms with Crippen molar-refractivity contribution in [1.29, 1.82) is 0 Å². The van der Waals surface area contributed by atoms with Gasteiger partial charge in [0.25, 0.3) is 0 Å². The Bertz CT molecular complexity index is 852. The molecule has 2 heterocycles. The average Bonchev–Trinajstić information content (AvgIpc) is 2.88. The van der Waals surface area contributed by atoms with Crippen molar-refractivity contribution >= 4 is 0 Å². The summed E-state index contributed by atoms with van der Waals surface area (Å²) >= 11 is 0. The molecular formula is C28H38N2O2. The lowest BCUT2D eigenvalue weighted by Gasteiger charge is -2.38. The molecule has 32 heavy (non-hydrogen) atoms. The van der Waals surface area contributed by atoms with E-state index in [-0.39, 0.29) is 0 Å². The average molecular weight is 435 g/mol. The quantitative estimate of drug-likeness (QED) is 0.702. The van der Waals surface area contributed by atoms with E-state index in [0.29, 0.717) is 0 Å². The van der Waals surface area contributed by atoms with Crippen LogP contribution in [0.15, 0.2) is 36.4 Å². The smallest absolute Gasteiger partial charge is 0.119 e. The van der Waals surface area contributed by atoms with E-state index in [2.05, 4.69) is 47.0 Å². The van der Waals surface area contributed by atoms with Gasteiger partial charge in [0.2, 0.25) is 0 Å². The number of hydrogen-bond donors (Lipinski definition) is 2. The minimum atomic E-state index is 0.717. The number of hydrogen-bond acceptors (Lipinski definition) is 4. The Morgan fingerprint density at radius 1 is 0.656 bits per heavy atom. The Morgan fingerprint density at radius 3 is 1.56 bits per heavy atom. The fraction of sp³-hybridized carbons (Fsp3) is 0.571. The molecule has 0 spiro atoms. The van der Waals surface area contributed by atoms with Crippen molar-refractivity contribution in [2.75, 3.05) is 27.3 Å². The zero-order valence-electron chi connectivity index (χ0n) is 19.7. The van der Waals surface area contributed by atoms with E-state index in [0.717, 1.165) is 35.4 Å². The molecule has 0 aromatic heterocycles. The van der Waals surface area contributed by atoms with E-state index in [1.54, 1.807) is 25.3 Å². The Labute approximate surface area is 193 Å². The highest BCUT2D eigenvalue weighted by atomic mass is 16.5. The first-order valence-corrected chi connectivity index (χ1v) is 12.6. The molecule has 2 N–H and O–H groups in total. The monoisotopic (exact) mass is 434 g/mol. The highest BCUT2D eigenvalue weighted by Gasteiger charge is 2.32. The molecule has 6 rings (SSSR count). The maximum atomic E-state index is 5.30. The molecular weight excluding hydrogens is 396 g/mol. The van der Waals surface area contributed by atoms with Crippen molar-refractivity contribution < 1.29 is 9.47 Å². The molecule has 2 unspecified atom stereocenters. The third-order valence-corrected chi connectivity index (χ3v) is 8.12. The molecule has 172 valence electrons. The molecule has 4 nitrogen and oxygen atoms in total. The Kier molecular flexibility index (Phi) is 6.70. The van der Waals surface area contributed by atoms with Crippen molar-refractivity contribution in [3.63, 3.8) is 0 Å². The van der Waals surface area contributed by atoms with Gasteiger partial charge in [-0.15, -0.1) is 0 Å². The van der Waals surface area contributed by atoms with Gasteiger partial charge in [0.05, 0.1) is 14.2 Å². The van der Waals surface area contributed by atoms with Crippen LogP contribution in [0.1, 0.15) is 72.6 Å². The fourth-order valence-electron chi connectivity index (χ4n) is 6.45. The third kappa shape index (κ3) is 4.40. The van der Waals surface area contributed by atoms with Crippen LogP contribution in [-0.4, -0.2) is 39.4 Å². The van der Waals surface area contributed by atoms with Gasteiger partial charge in [0, 0.05) is 12.1 Å². The zero-order valence-corrected chi connectivity index (χ0v) is 19.7. The number of aryl methyl sites for hydroxylation is 2. The van der Waals surface area contributed by atoms with Crippen LogP contribution < -0.4 is 20.1 Å². The maximum absolute atomic E-state index is 5.30. The molecule has 0 radical (unpaired) electrons. The van der Waals surface area contributed by atoms with Crippen LogP contribution in [0.25, 0.3) is 0 Å². The van der Waals surface area contributed by atoms with Gasteiger partial charge < -0.3 is 20.1 Å². The first kappa shape index (κ1) is 21.8. The summed E-state index contributed by atoms with van der Waals surface area (Å²) in [5, 5.41) is 7.32. The van der Waals surface area contributed by atoms with E-state index in [1.807, 2.05) is 0 Å². The second kappa shape index (κ2) is 9.84. The molecule has 2 aliphatic heterocycles. The molecule has 2 aliphatic carbocycles. The van der Waals surface area contributed by atoms with Gasteiger partial charge in [-0.05, 0) is 123 Å². The number of ether oxygens (including phenoxy) is 2. The fourth-order valence-corrected chi connectivity index (χ4v) is 6.45. The lowest BCUT2D eigenvalue weighted by Crippen LogP contribution is -2.42.